The molecule has 0 fully saturated rings. The number of fused-ring (bicyclic) bond motifs is 6. The average Bonchev–Trinajstić information content (AvgIpc) is 1.97. The van der Waals surface area contributed by atoms with E-state index in [0.29, 0.717) is 0 Å². The van der Waals surface area contributed by atoms with Crippen LogP contribution in [0, 0.1) is 76.2 Å². The minimum absolute atomic E-state index is 0.0666. The summed E-state index contributed by atoms with van der Waals surface area (Å²) in [6, 6.07) is 70.7. The number of aryl methyl sites for hydroxylation is 11. The highest BCUT2D eigenvalue weighted by Gasteiger charge is 2.34. The third kappa shape index (κ3) is 11.4. The quantitative estimate of drug-likeness (QED) is 0.0893. The van der Waals surface area contributed by atoms with E-state index >= 15 is 0 Å². The van der Waals surface area contributed by atoms with Crippen LogP contribution in [0.15, 0.2) is 223 Å². The van der Waals surface area contributed by atoms with Gasteiger partial charge in [-0.2, -0.15) is 0 Å². The number of ether oxygens (including phenoxy) is 1. The number of nitrogens with zero attached hydrogens (tertiary/aromatic N) is 1. The Morgan fingerprint density at radius 2 is 0.847 bits per heavy atom. The van der Waals surface area contributed by atoms with Gasteiger partial charge >= 0.3 is 0 Å². The lowest BCUT2D eigenvalue weighted by molar-refractivity contribution is 0.486. The van der Waals surface area contributed by atoms with Crippen LogP contribution in [0.25, 0.3) is 44.5 Å². The zero-order chi connectivity index (χ0) is 60.0. The van der Waals surface area contributed by atoms with Crippen molar-refractivity contribution in [2.24, 2.45) is 0 Å². The lowest BCUT2D eigenvalue weighted by atomic mass is 9.34. The van der Waals surface area contributed by atoms with Crippen molar-refractivity contribution in [3.8, 4) is 56.0 Å². The summed E-state index contributed by atoms with van der Waals surface area (Å²) in [6.07, 6.45) is 5.57. The molecule has 420 valence electrons. The Hall–Kier alpha value is -8.85. The van der Waals surface area contributed by atoms with E-state index in [-0.39, 0.29) is 13.4 Å². The van der Waals surface area contributed by atoms with E-state index in [4.69, 9.17) is 11.3 Å². The molecule has 0 radical (unpaired) electrons. The van der Waals surface area contributed by atoms with E-state index in [2.05, 4.69) is 302 Å². The van der Waals surface area contributed by atoms with Crippen LogP contribution in [0.4, 0.5) is 17.1 Å². The average molecular weight is 1100 g/mol. The molecule has 0 saturated carbocycles. The molecule has 0 spiro atoms. The molecule has 0 amide bonds. The highest BCUT2D eigenvalue weighted by atomic mass is 16.5. The number of anilines is 3. The second-order valence-corrected chi connectivity index (χ2v) is 24.4. The predicted octanol–water partition coefficient (Wildman–Crippen LogP) is 18.8. The van der Waals surface area contributed by atoms with Gasteiger partial charge in [-0.25, -0.2) is 0 Å². The Bertz CT molecular complexity index is 4200. The maximum Gasteiger partial charge on any atom is 0.242 e. The first-order valence-electron chi connectivity index (χ1n) is 30.4. The first-order valence-corrected chi connectivity index (χ1v) is 30.4. The number of rotatable bonds is 12. The largest absolute Gasteiger partial charge is 0.456 e. The van der Waals surface area contributed by atoms with E-state index in [1.165, 1.54) is 99.7 Å². The molecule has 0 unspecified atom stereocenters. The van der Waals surface area contributed by atoms with Gasteiger partial charge in [0.25, 0.3) is 0 Å². The SMILES string of the molecule is C=C(B(c1ccc2c(c1)-c1cc(-c3ccccc3C)ccc1N(c1ccccc1)c1ccc(-c3ccccc3C)cc1-c1cc(B(c3c(C)cc(C)cc3C)c3c(C)cc(C)cc3C)ccc1O2)c1c(C)cc(C)cc1C)/C(C)=C\C(C)=C/CC. The minimum Gasteiger partial charge on any atom is -0.456 e. The van der Waals surface area contributed by atoms with Gasteiger partial charge in [0.1, 0.15) is 11.5 Å². The van der Waals surface area contributed by atoms with Crippen molar-refractivity contribution in [1.82, 2.24) is 0 Å². The van der Waals surface area contributed by atoms with Crippen molar-refractivity contribution in [1.29, 1.82) is 0 Å². The van der Waals surface area contributed by atoms with E-state index in [1.807, 2.05) is 0 Å². The summed E-state index contributed by atoms with van der Waals surface area (Å²) in [5, 5.41) is 0. The van der Waals surface area contributed by atoms with Crippen LogP contribution >= 0.6 is 0 Å². The highest BCUT2D eigenvalue weighted by Crippen LogP contribution is 2.52. The predicted molar refractivity (Wildman–Crippen MR) is 371 cm³/mol. The molecule has 2 nitrogen and oxygen atoms in total. The van der Waals surface area contributed by atoms with Crippen LogP contribution in [-0.2, 0) is 0 Å². The fraction of sp³-hybridized carbons (Fsp3) is 0.185. The molecule has 85 heavy (non-hydrogen) atoms. The fourth-order valence-electron chi connectivity index (χ4n) is 14.2. The number of para-hydroxylation sites is 1. The third-order valence-electron chi connectivity index (χ3n) is 17.8. The molecule has 1 aliphatic heterocycles. The van der Waals surface area contributed by atoms with Crippen molar-refractivity contribution in [3.63, 3.8) is 0 Å². The normalized spacial score (nSPS) is 12.2. The molecule has 4 heteroatoms. The monoisotopic (exact) mass is 1100 g/mol. The molecule has 0 aliphatic carbocycles. The third-order valence-corrected chi connectivity index (χ3v) is 17.8. The molecular formula is C81H79B2NO. The molecule has 0 N–H and O–H groups in total. The van der Waals surface area contributed by atoms with Gasteiger partial charge < -0.3 is 9.64 Å². The maximum absolute atomic E-state index is 7.82. The van der Waals surface area contributed by atoms with Crippen LogP contribution in [0.2, 0.25) is 0 Å². The molecule has 0 aromatic heterocycles. The molecular weight excluding hydrogens is 1020 g/mol. The molecule has 10 aromatic rings. The van der Waals surface area contributed by atoms with Crippen molar-refractivity contribution >= 4 is 57.8 Å². The second kappa shape index (κ2) is 24.0. The molecule has 0 atom stereocenters. The van der Waals surface area contributed by atoms with E-state index in [0.717, 1.165) is 84.9 Å². The Morgan fingerprint density at radius 3 is 1.31 bits per heavy atom. The van der Waals surface area contributed by atoms with Gasteiger partial charge in [-0.15, -0.1) is 6.58 Å². The number of hydrogen-bond donors (Lipinski definition) is 0. The van der Waals surface area contributed by atoms with Gasteiger partial charge in [-0.1, -0.05) is 253 Å². The van der Waals surface area contributed by atoms with Crippen LogP contribution in [0.5, 0.6) is 11.5 Å². The van der Waals surface area contributed by atoms with Gasteiger partial charge in [0.2, 0.25) is 13.4 Å². The van der Waals surface area contributed by atoms with Gasteiger partial charge in [-0.3, -0.25) is 0 Å². The van der Waals surface area contributed by atoms with E-state index in [1.54, 1.807) is 0 Å². The maximum atomic E-state index is 7.82. The Balaban J connectivity index is 1.27. The number of hydrogen-bond acceptors (Lipinski definition) is 2. The zero-order valence-corrected chi connectivity index (χ0v) is 52.5. The summed E-state index contributed by atoms with van der Waals surface area (Å²) >= 11 is 0. The smallest absolute Gasteiger partial charge is 0.242 e. The fourth-order valence-corrected chi connectivity index (χ4v) is 14.2. The van der Waals surface area contributed by atoms with E-state index < -0.39 is 0 Å². The molecule has 11 rings (SSSR count). The topological polar surface area (TPSA) is 12.5 Å². The number of benzene rings is 10. The Labute approximate surface area is 508 Å². The summed E-state index contributed by atoms with van der Waals surface area (Å²) in [7, 11) is 0. The standard InChI is InChI=1S/C81H79B2NO/c1-16-24-50(2)39-56(8)63(15)82(79-57(9)40-51(3)41-58(79)10)66-33-37-77-73(48-66)71-46-64(69-29-22-20-25-54(69)6)31-35-75(71)84(68-27-18-17-19-28-68)76-36-32-65(70-30-23-21-26-55(70)7)47-72(76)74-49-67(34-38-78(74)85-77)83(80-59(11)42-52(4)43-60(80)12)81-61(13)44-53(5)45-62(81)14/h17-49H,15-16H2,1-14H3/b50-24-,56-39-. The lowest BCUT2D eigenvalue weighted by Crippen LogP contribution is -2.55. The van der Waals surface area contributed by atoms with Crippen LogP contribution in [-0.4, -0.2) is 13.4 Å². The zero-order valence-electron chi connectivity index (χ0n) is 52.5. The molecule has 1 heterocycles. The van der Waals surface area contributed by atoms with Gasteiger partial charge in [0, 0.05) is 27.9 Å². The minimum atomic E-state index is -0.157. The summed E-state index contributed by atoms with van der Waals surface area (Å²) in [4.78, 5) is 2.51. The van der Waals surface area contributed by atoms with Crippen LogP contribution < -0.4 is 37.0 Å². The van der Waals surface area contributed by atoms with Crippen LogP contribution in [0.3, 0.4) is 0 Å². The summed E-state index contributed by atoms with van der Waals surface area (Å²) in [6.45, 7) is 36.2. The van der Waals surface area contributed by atoms with Gasteiger partial charge in [0.05, 0.1) is 11.4 Å². The highest BCUT2D eigenvalue weighted by molar-refractivity contribution is 6.96. The lowest BCUT2D eigenvalue weighted by Gasteiger charge is -2.33. The molecule has 0 saturated heterocycles. The van der Waals surface area contributed by atoms with E-state index in [9.17, 15) is 0 Å². The van der Waals surface area contributed by atoms with Gasteiger partial charge in [-0.05, 0) is 178 Å². The number of allylic oxidation sites excluding steroid dienone is 5. The van der Waals surface area contributed by atoms with Crippen molar-refractivity contribution in [3.05, 3.63) is 285 Å². The van der Waals surface area contributed by atoms with Crippen molar-refractivity contribution in [2.45, 2.75) is 103 Å². The summed E-state index contributed by atoms with van der Waals surface area (Å²) in [5.41, 5.74) is 35.6. The molecule has 1 aliphatic rings. The van der Waals surface area contributed by atoms with Crippen molar-refractivity contribution in [2.75, 3.05) is 4.90 Å². The second-order valence-electron chi connectivity index (χ2n) is 24.4. The Kier molecular flexibility index (Phi) is 16.4. The summed E-state index contributed by atoms with van der Waals surface area (Å²) < 4.78 is 7.82. The Morgan fingerprint density at radius 1 is 0.424 bits per heavy atom. The van der Waals surface area contributed by atoms with Crippen LogP contribution in [0.1, 0.15) is 88.4 Å². The first-order chi connectivity index (χ1) is 40.9. The first kappa shape index (κ1) is 57.9. The van der Waals surface area contributed by atoms with Gasteiger partial charge in [0.15, 0.2) is 0 Å². The molecule has 10 aromatic carbocycles. The molecule has 0 bridgehead atoms. The summed E-state index contributed by atoms with van der Waals surface area (Å²) in [5.74, 6) is 1.55. The van der Waals surface area contributed by atoms with Crippen molar-refractivity contribution < 1.29 is 4.74 Å².